The summed E-state index contributed by atoms with van der Waals surface area (Å²) in [4.78, 5) is 15.8. The summed E-state index contributed by atoms with van der Waals surface area (Å²) < 4.78 is 0. The topological polar surface area (TPSA) is 62.2 Å². The number of amides is 1. The predicted molar refractivity (Wildman–Crippen MR) is 69.4 cm³/mol. The summed E-state index contributed by atoms with van der Waals surface area (Å²) in [5, 5.41) is 12.4. The minimum atomic E-state index is -0.174. The summed E-state index contributed by atoms with van der Waals surface area (Å²) >= 11 is 0. The molecule has 0 unspecified atom stereocenters. The monoisotopic (exact) mass is 242 g/mol. The van der Waals surface area contributed by atoms with E-state index in [4.69, 9.17) is 0 Å². The van der Waals surface area contributed by atoms with Crippen molar-refractivity contribution in [1.82, 2.24) is 4.98 Å². The van der Waals surface area contributed by atoms with Gasteiger partial charge in [0.2, 0.25) is 5.91 Å². The van der Waals surface area contributed by atoms with Gasteiger partial charge in [-0.3, -0.25) is 9.78 Å². The second-order valence-electron chi connectivity index (χ2n) is 4.04. The van der Waals surface area contributed by atoms with Gasteiger partial charge < -0.3 is 10.4 Å². The number of nitrogens with one attached hydrogen (secondary N) is 1. The van der Waals surface area contributed by atoms with Crippen LogP contribution < -0.4 is 5.32 Å². The summed E-state index contributed by atoms with van der Waals surface area (Å²) in [6.45, 7) is 1.90. The largest absolute Gasteiger partial charge is 0.508 e. The van der Waals surface area contributed by atoms with E-state index in [0.29, 0.717) is 11.3 Å². The highest BCUT2D eigenvalue weighted by Gasteiger charge is 2.08. The van der Waals surface area contributed by atoms with Crippen LogP contribution in [0.2, 0.25) is 0 Å². The maximum Gasteiger partial charge on any atom is 0.228 e. The van der Waals surface area contributed by atoms with Crippen molar-refractivity contribution in [3.8, 4) is 5.75 Å². The Bertz CT molecular complexity index is 518. The number of benzene rings is 1. The van der Waals surface area contributed by atoms with Crippen molar-refractivity contribution in [2.24, 2.45) is 0 Å². The number of carbonyl (C=O) groups excluding carboxylic acids is 1. The van der Waals surface area contributed by atoms with E-state index in [9.17, 15) is 9.90 Å². The number of anilines is 1. The van der Waals surface area contributed by atoms with Crippen molar-refractivity contribution in [1.29, 1.82) is 0 Å². The van der Waals surface area contributed by atoms with Crippen LogP contribution in [0.15, 0.2) is 42.7 Å². The van der Waals surface area contributed by atoms with Crippen LogP contribution in [0.3, 0.4) is 0 Å². The fourth-order valence-corrected chi connectivity index (χ4v) is 1.62. The predicted octanol–water partition coefficient (Wildman–Crippen LogP) is 2.28. The van der Waals surface area contributed by atoms with Gasteiger partial charge in [-0.1, -0.05) is 18.2 Å². The maximum absolute atomic E-state index is 11.8. The fourth-order valence-electron chi connectivity index (χ4n) is 1.62. The zero-order chi connectivity index (χ0) is 13.0. The van der Waals surface area contributed by atoms with Crippen LogP contribution in [0.25, 0.3) is 0 Å². The van der Waals surface area contributed by atoms with Crippen LogP contribution in [0.5, 0.6) is 5.75 Å². The summed E-state index contributed by atoms with van der Waals surface area (Å²) in [5.41, 5.74) is 2.25. The van der Waals surface area contributed by atoms with E-state index in [1.807, 2.05) is 13.0 Å². The van der Waals surface area contributed by atoms with Crippen molar-refractivity contribution in [2.75, 3.05) is 5.32 Å². The zero-order valence-corrected chi connectivity index (χ0v) is 10.1. The van der Waals surface area contributed by atoms with E-state index in [-0.39, 0.29) is 18.1 Å². The molecule has 0 saturated heterocycles. The van der Waals surface area contributed by atoms with E-state index in [1.165, 1.54) is 0 Å². The molecular formula is C14H14N2O2. The van der Waals surface area contributed by atoms with E-state index >= 15 is 0 Å². The third kappa shape index (κ3) is 2.85. The molecule has 0 spiro atoms. The number of aromatic hydroxyl groups is 1. The van der Waals surface area contributed by atoms with Gasteiger partial charge in [0.05, 0.1) is 18.3 Å². The lowest BCUT2D eigenvalue weighted by Crippen LogP contribution is -2.15. The van der Waals surface area contributed by atoms with Gasteiger partial charge in [0, 0.05) is 11.8 Å². The molecule has 1 aromatic carbocycles. The molecule has 0 saturated carbocycles. The molecule has 0 radical (unpaired) electrons. The van der Waals surface area contributed by atoms with Crippen LogP contribution in [0.4, 0.5) is 5.69 Å². The van der Waals surface area contributed by atoms with Gasteiger partial charge in [-0.05, 0) is 24.6 Å². The molecule has 18 heavy (non-hydrogen) atoms. The number of aryl methyl sites for hydroxylation is 1. The van der Waals surface area contributed by atoms with Gasteiger partial charge in [0.25, 0.3) is 0 Å². The van der Waals surface area contributed by atoms with Crippen molar-refractivity contribution in [3.63, 3.8) is 0 Å². The molecule has 92 valence electrons. The second-order valence-corrected chi connectivity index (χ2v) is 4.04. The summed E-state index contributed by atoms with van der Waals surface area (Å²) in [6.07, 6.45) is 3.42. The summed E-state index contributed by atoms with van der Waals surface area (Å²) in [7, 11) is 0. The zero-order valence-electron chi connectivity index (χ0n) is 10.1. The average Bonchev–Trinajstić information content (AvgIpc) is 2.35. The van der Waals surface area contributed by atoms with Crippen LogP contribution in [0.1, 0.15) is 11.1 Å². The van der Waals surface area contributed by atoms with Crippen LogP contribution in [0, 0.1) is 6.92 Å². The molecule has 0 aliphatic heterocycles. The number of nitrogens with zero attached hydrogens (tertiary/aromatic N) is 1. The Morgan fingerprint density at radius 1 is 1.33 bits per heavy atom. The van der Waals surface area contributed by atoms with Crippen molar-refractivity contribution >= 4 is 11.6 Å². The highest BCUT2D eigenvalue weighted by molar-refractivity contribution is 5.93. The molecule has 0 aliphatic rings. The summed E-state index contributed by atoms with van der Waals surface area (Å²) in [6, 6.07) is 8.64. The quantitative estimate of drug-likeness (QED) is 0.868. The smallest absolute Gasteiger partial charge is 0.228 e. The maximum atomic E-state index is 11.8. The van der Waals surface area contributed by atoms with Gasteiger partial charge >= 0.3 is 0 Å². The molecule has 2 aromatic rings. The third-order valence-corrected chi connectivity index (χ3v) is 2.66. The first kappa shape index (κ1) is 12.1. The van der Waals surface area contributed by atoms with Gasteiger partial charge in [-0.25, -0.2) is 0 Å². The first-order chi connectivity index (χ1) is 8.66. The van der Waals surface area contributed by atoms with Gasteiger partial charge in [0.15, 0.2) is 0 Å². The Hall–Kier alpha value is -2.36. The highest BCUT2D eigenvalue weighted by Crippen LogP contribution is 2.17. The van der Waals surface area contributed by atoms with Crippen molar-refractivity contribution in [2.45, 2.75) is 13.3 Å². The first-order valence-electron chi connectivity index (χ1n) is 5.64. The molecule has 1 amide bonds. The first-order valence-corrected chi connectivity index (χ1v) is 5.64. The molecule has 0 bridgehead atoms. The number of para-hydroxylation sites is 1. The molecule has 2 rings (SSSR count). The SMILES string of the molecule is Cc1ccncc1NC(=O)Cc1ccccc1O. The molecule has 4 nitrogen and oxygen atoms in total. The molecule has 0 aliphatic carbocycles. The molecule has 1 heterocycles. The Labute approximate surface area is 105 Å². The molecule has 0 fully saturated rings. The molecule has 1 aromatic heterocycles. The van der Waals surface area contributed by atoms with E-state index < -0.39 is 0 Å². The van der Waals surface area contributed by atoms with Crippen molar-refractivity contribution in [3.05, 3.63) is 53.9 Å². The highest BCUT2D eigenvalue weighted by atomic mass is 16.3. The Morgan fingerprint density at radius 3 is 2.83 bits per heavy atom. The number of phenols is 1. The number of pyridine rings is 1. The van der Waals surface area contributed by atoms with Crippen LogP contribution in [-0.4, -0.2) is 16.0 Å². The molecule has 0 atom stereocenters. The lowest BCUT2D eigenvalue weighted by atomic mass is 10.1. The van der Waals surface area contributed by atoms with Gasteiger partial charge in [-0.15, -0.1) is 0 Å². The molecule has 4 heteroatoms. The molecule has 2 N–H and O–H groups in total. The van der Waals surface area contributed by atoms with Gasteiger partial charge in [-0.2, -0.15) is 0 Å². The number of phenolic OH excluding ortho intramolecular Hbond substituents is 1. The lowest BCUT2D eigenvalue weighted by Gasteiger charge is -2.08. The second kappa shape index (κ2) is 5.31. The minimum Gasteiger partial charge on any atom is -0.508 e. The number of hydrogen-bond acceptors (Lipinski definition) is 3. The third-order valence-electron chi connectivity index (χ3n) is 2.66. The number of aromatic nitrogens is 1. The van der Waals surface area contributed by atoms with Crippen LogP contribution in [-0.2, 0) is 11.2 Å². The van der Waals surface area contributed by atoms with E-state index in [2.05, 4.69) is 10.3 Å². The number of rotatable bonds is 3. The van der Waals surface area contributed by atoms with Gasteiger partial charge in [0.1, 0.15) is 5.75 Å². The standard InChI is InChI=1S/C14H14N2O2/c1-10-6-7-15-9-12(10)16-14(18)8-11-4-2-3-5-13(11)17/h2-7,9,17H,8H2,1H3,(H,16,18). The lowest BCUT2D eigenvalue weighted by molar-refractivity contribution is -0.115. The number of carbonyl (C=O) groups is 1. The minimum absolute atomic E-state index is 0.135. The van der Waals surface area contributed by atoms with E-state index in [1.54, 1.807) is 36.7 Å². The molecular weight excluding hydrogens is 228 g/mol. The number of hydrogen-bond donors (Lipinski definition) is 2. The summed E-state index contributed by atoms with van der Waals surface area (Å²) in [5.74, 6) is -0.0387. The Kier molecular flexibility index (Phi) is 3.57. The normalized spacial score (nSPS) is 10.1. The van der Waals surface area contributed by atoms with Crippen molar-refractivity contribution < 1.29 is 9.90 Å². The fraction of sp³-hybridized carbons (Fsp3) is 0.143. The Balaban J connectivity index is 2.06. The Morgan fingerprint density at radius 2 is 2.11 bits per heavy atom. The van der Waals surface area contributed by atoms with E-state index in [0.717, 1.165) is 5.56 Å². The average molecular weight is 242 g/mol. The van der Waals surface area contributed by atoms with Crippen LogP contribution >= 0.6 is 0 Å².